The Morgan fingerprint density at radius 2 is 1.89 bits per heavy atom. The summed E-state index contributed by atoms with van der Waals surface area (Å²) in [5, 5.41) is 0. The number of fused-ring (bicyclic) bond motifs is 1. The fraction of sp³-hybridized carbons (Fsp3) is 0.100. The maximum absolute atomic E-state index is 12.4. The van der Waals surface area contributed by atoms with Crippen molar-refractivity contribution in [2.75, 3.05) is 4.72 Å². The molecule has 4 aromatic rings. The van der Waals surface area contributed by atoms with Crippen LogP contribution in [0.25, 0.3) is 17.0 Å². The Morgan fingerprint density at radius 1 is 1.07 bits per heavy atom. The number of hydrogen-bond donors (Lipinski definition) is 1. The zero-order valence-electron chi connectivity index (χ0n) is 14.7. The number of sulfonamides is 1. The molecule has 27 heavy (non-hydrogen) atoms. The molecule has 2 aromatic heterocycles. The minimum absolute atomic E-state index is 0.0610. The van der Waals surface area contributed by atoms with Crippen molar-refractivity contribution in [3.63, 3.8) is 0 Å². The van der Waals surface area contributed by atoms with Crippen molar-refractivity contribution in [1.82, 2.24) is 14.4 Å². The number of aryl methyl sites for hydroxylation is 1. The first kappa shape index (κ1) is 17.2. The van der Waals surface area contributed by atoms with E-state index in [1.54, 1.807) is 18.3 Å². The van der Waals surface area contributed by atoms with Crippen molar-refractivity contribution < 1.29 is 8.42 Å². The highest BCUT2D eigenvalue weighted by molar-refractivity contribution is 7.91. The maximum Gasteiger partial charge on any atom is 0.236 e. The first-order chi connectivity index (χ1) is 13.0. The van der Waals surface area contributed by atoms with Gasteiger partial charge >= 0.3 is 0 Å². The molecule has 0 atom stereocenters. The molecular formula is C20H18N4O2S. The van der Waals surface area contributed by atoms with E-state index in [1.807, 2.05) is 66.2 Å². The molecule has 7 heteroatoms. The van der Waals surface area contributed by atoms with Crippen LogP contribution in [0.5, 0.6) is 0 Å². The van der Waals surface area contributed by atoms with Gasteiger partial charge in [0.1, 0.15) is 0 Å². The van der Waals surface area contributed by atoms with E-state index in [2.05, 4.69) is 14.7 Å². The summed E-state index contributed by atoms with van der Waals surface area (Å²) in [6.45, 7) is 1.94. The third-order valence-electron chi connectivity index (χ3n) is 4.13. The second kappa shape index (κ2) is 6.85. The summed E-state index contributed by atoms with van der Waals surface area (Å²) >= 11 is 0. The lowest BCUT2D eigenvalue weighted by Crippen LogP contribution is -2.15. The lowest BCUT2D eigenvalue weighted by molar-refractivity contribution is 0.600. The second-order valence-corrected chi connectivity index (χ2v) is 8.10. The van der Waals surface area contributed by atoms with Crippen LogP contribution in [0.3, 0.4) is 0 Å². The van der Waals surface area contributed by atoms with Crippen LogP contribution in [0.1, 0.15) is 11.1 Å². The van der Waals surface area contributed by atoms with E-state index in [1.165, 1.54) is 0 Å². The van der Waals surface area contributed by atoms with E-state index in [0.717, 1.165) is 22.4 Å². The molecule has 1 N–H and O–H groups in total. The van der Waals surface area contributed by atoms with Crippen molar-refractivity contribution in [3.05, 3.63) is 84.3 Å². The molecule has 2 heterocycles. The molecule has 0 fully saturated rings. The lowest BCUT2D eigenvalue weighted by atomic mass is 10.1. The third-order valence-corrected chi connectivity index (χ3v) is 5.39. The van der Waals surface area contributed by atoms with Crippen molar-refractivity contribution in [2.24, 2.45) is 0 Å². The molecule has 0 bridgehead atoms. The predicted molar refractivity (Wildman–Crippen MR) is 106 cm³/mol. The zero-order chi connectivity index (χ0) is 18.9. The van der Waals surface area contributed by atoms with Gasteiger partial charge in [-0.2, -0.15) is 0 Å². The third kappa shape index (κ3) is 3.98. The number of nitrogens with zero attached hydrogens (tertiary/aromatic N) is 3. The molecule has 0 radical (unpaired) electrons. The monoisotopic (exact) mass is 378 g/mol. The Kier molecular flexibility index (Phi) is 4.37. The van der Waals surface area contributed by atoms with Gasteiger partial charge in [0.25, 0.3) is 0 Å². The first-order valence-corrected chi connectivity index (χ1v) is 10.1. The molecule has 0 aliphatic carbocycles. The van der Waals surface area contributed by atoms with Crippen molar-refractivity contribution >= 4 is 21.5 Å². The minimum atomic E-state index is -3.48. The van der Waals surface area contributed by atoms with Crippen molar-refractivity contribution in [2.45, 2.75) is 12.7 Å². The molecular weight excluding hydrogens is 360 g/mol. The van der Waals surface area contributed by atoms with E-state index >= 15 is 0 Å². The lowest BCUT2D eigenvalue weighted by Gasteiger charge is -2.09. The maximum atomic E-state index is 12.4. The van der Waals surface area contributed by atoms with Gasteiger partial charge in [-0.05, 0) is 30.7 Å². The summed E-state index contributed by atoms with van der Waals surface area (Å²) in [6, 6.07) is 16.5. The summed E-state index contributed by atoms with van der Waals surface area (Å²) in [4.78, 5) is 8.66. The molecule has 0 amide bonds. The van der Waals surface area contributed by atoms with Crippen LogP contribution in [0.15, 0.2) is 73.2 Å². The Morgan fingerprint density at radius 3 is 2.63 bits per heavy atom. The minimum Gasteiger partial charge on any atom is -0.291 e. The molecule has 6 nitrogen and oxygen atoms in total. The van der Waals surface area contributed by atoms with Crippen LogP contribution in [-0.4, -0.2) is 22.8 Å². The second-order valence-electron chi connectivity index (χ2n) is 6.38. The van der Waals surface area contributed by atoms with Crippen LogP contribution < -0.4 is 4.72 Å². The van der Waals surface area contributed by atoms with Gasteiger partial charge < -0.3 is 0 Å². The van der Waals surface area contributed by atoms with E-state index in [9.17, 15) is 8.42 Å². The Balaban J connectivity index is 1.51. The Hall–Kier alpha value is -3.19. The van der Waals surface area contributed by atoms with Crippen LogP contribution >= 0.6 is 0 Å². The number of rotatable bonds is 5. The van der Waals surface area contributed by atoms with Crippen molar-refractivity contribution in [1.29, 1.82) is 0 Å². The Bertz CT molecular complexity index is 1170. The summed E-state index contributed by atoms with van der Waals surface area (Å²) in [5.74, 6) is 0.560. The van der Waals surface area contributed by atoms with E-state index in [0.29, 0.717) is 11.5 Å². The molecule has 4 rings (SSSR count). The van der Waals surface area contributed by atoms with Gasteiger partial charge in [0.05, 0.1) is 11.4 Å². The van der Waals surface area contributed by atoms with Gasteiger partial charge in [0.2, 0.25) is 15.8 Å². The fourth-order valence-electron chi connectivity index (χ4n) is 2.92. The quantitative estimate of drug-likeness (QED) is 0.575. The predicted octanol–water partition coefficient (Wildman–Crippen LogP) is 3.65. The average Bonchev–Trinajstić information content (AvgIpc) is 3.05. The van der Waals surface area contributed by atoms with Gasteiger partial charge in [-0.15, -0.1) is 0 Å². The molecule has 0 saturated carbocycles. The molecule has 0 unspecified atom stereocenters. The number of nitrogens with one attached hydrogen (secondary N) is 1. The van der Waals surface area contributed by atoms with E-state index in [-0.39, 0.29) is 5.75 Å². The van der Waals surface area contributed by atoms with Crippen LogP contribution in [0.4, 0.5) is 5.69 Å². The smallest absolute Gasteiger partial charge is 0.236 e. The van der Waals surface area contributed by atoms with Gasteiger partial charge in [-0.25, -0.2) is 18.4 Å². The molecule has 0 aliphatic rings. The highest BCUT2D eigenvalue weighted by Gasteiger charge is 2.12. The van der Waals surface area contributed by atoms with E-state index < -0.39 is 10.0 Å². The number of hydrogen-bond acceptors (Lipinski definition) is 4. The molecule has 136 valence electrons. The molecule has 0 aliphatic heterocycles. The highest BCUT2D eigenvalue weighted by Crippen LogP contribution is 2.22. The number of anilines is 1. The number of aromatic nitrogens is 3. The standard InChI is InChI=1S/C20H18N4O2S/c1-15-4-2-5-16(12-15)14-27(25,26)23-18-8-6-17(7-9-18)19-13-24-11-3-10-21-20(24)22-19/h2-13,23H,14H2,1H3. The highest BCUT2D eigenvalue weighted by atomic mass is 32.2. The average molecular weight is 378 g/mol. The largest absolute Gasteiger partial charge is 0.291 e. The molecule has 0 saturated heterocycles. The Labute approximate surface area is 157 Å². The normalized spacial score (nSPS) is 11.6. The summed E-state index contributed by atoms with van der Waals surface area (Å²) in [7, 11) is -3.48. The summed E-state index contributed by atoms with van der Waals surface area (Å²) < 4.78 is 29.3. The molecule has 0 spiro atoms. The molecule has 2 aromatic carbocycles. The van der Waals surface area contributed by atoms with Gasteiger partial charge in [0.15, 0.2) is 0 Å². The van der Waals surface area contributed by atoms with Crippen LogP contribution in [-0.2, 0) is 15.8 Å². The number of imidazole rings is 1. The summed E-state index contributed by atoms with van der Waals surface area (Å²) in [6.07, 6.45) is 5.46. The van der Waals surface area contributed by atoms with Gasteiger partial charge in [0, 0.05) is 29.8 Å². The van der Waals surface area contributed by atoms with Gasteiger partial charge in [-0.1, -0.05) is 42.0 Å². The van der Waals surface area contributed by atoms with Crippen LogP contribution in [0, 0.1) is 6.92 Å². The SMILES string of the molecule is Cc1cccc(CS(=O)(=O)Nc2ccc(-c3cn4cccnc4n3)cc2)c1. The fourth-order valence-corrected chi connectivity index (χ4v) is 4.10. The zero-order valence-corrected chi connectivity index (χ0v) is 15.5. The summed E-state index contributed by atoms with van der Waals surface area (Å²) in [5.41, 5.74) is 3.99. The van der Waals surface area contributed by atoms with Crippen molar-refractivity contribution in [3.8, 4) is 11.3 Å². The number of benzene rings is 2. The van der Waals surface area contributed by atoms with Gasteiger partial charge in [-0.3, -0.25) is 9.12 Å². The first-order valence-electron chi connectivity index (χ1n) is 8.45. The van der Waals surface area contributed by atoms with E-state index in [4.69, 9.17) is 0 Å². The van der Waals surface area contributed by atoms with Crippen LogP contribution in [0.2, 0.25) is 0 Å². The topological polar surface area (TPSA) is 76.4 Å².